The second kappa shape index (κ2) is 9.98. The second-order valence-electron chi connectivity index (χ2n) is 4.82. The summed E-state index contributed by atoms with van der Waals surface area (Å²) in [5, 5.41) is 16.4. The number of hydrogen-bond donors (Lipinski definition) is 4. The summed E-state index contributed by atoms with van der Waals surface area (Å²) < 4.78 is 4.79. The van der Waals surface area contributed by atoms with Crippen molar-refractivity contribution >= 4 is 17.9 Å². The predicted molar refractivity (Wildman–Crippen MR) is 76.9 cm³/mol. The van der Waals surface area contributed by atoms with Crippen LogP contribution in [0, 0.1) is 5.92 Å². The lowest BCUT2D eigenvalue weighted by atomic mass is 9.99. The van der Waals surface area contributed by atoms with Crippen molar-refractivity contribution in [2.24, 2.45) is 5.92 Å². The molecule has 0 aliphatic heterocycles. The molecule has 8 nitrogen and oxygen atoms in total. The van der Waals surface area contributed by atoms with Crippen LogP contribution in [-0.2, 0) is 14.3 Å². The first-order valence-electron chi connectivity index (χ1n) is 6.89. The Hall–Kier alpha value is -1.83. The third-order valence-electron chi connectivity index (χ3n) is 3.11. The molecule has 0 saturated heterocycles. The molecule has 1 unspecified atom stereocenters. The van der Waals surface area contributed by atoms with Gasteiger partial charge < -0.3 is 25.8 Å². The van der Waals surface area contributed by atoms with Crippen molar-refractivity contribution in [1.82, 2.24) is 16.0 Å². The first-order valence-corrected chi connectivity index (χ1v) is 6.89. The van der Waals surface area contributed by atoms with Crippen LogP contribution in [0.1, 0.15) is 27.2 Å². The van der Waals surface area contributed by atoms with E-state index in [2.05, 4.69) is 16.0 Å². The number of carbonyl (C=O) groups is 3. The molecule has 3 atom stereocenters. The van der Waals surface area contributed by atoms with Crippen LogP contribution < -0.4 is 16.0 Å². The Morgan fingerprint density at radius 2 is 1.81 bits per heavy atom. The average Bonchev–Trinajstić information content (AvgIpc) is 2.43. The molecule has 0 aliphatic rings. The maximum absolute atomic E-state index is 11.7. The Kier molecular flexibility index (Phi) is 9.11. The van der Waals surface area contributed by atoms with Gasteiger partial charge in [-0.2, -0.15) is 0 Å². The highest BCUT2D eigenvalue weighted by Crippen LogP contribution is 2.07. The lowest BCUT2D eigenvalue weighted by Crippen LogP contribution is -2.54. The van der Waals surface area contributed by atoms with Crippen molar-refractivity contribution in [3.8, 4) is 0 Å². The molecule has 8 heteroatoms. The maximum Gasteiger partial charge on any atom is 0.326 e. The second-order valence-corrected chi connectivity index (χ2v) is 4.82. The molecular weight excluding hydrogens is 278 g/mol. The van der Waals surface area contributed by atoms with E-state index in [4.69, 9.17) is 9.84 Å². The molecular formula is C13H25N3O5. The Morgan fingerprint density at radius 1 is 1.19 bits per heavy atom. The molecule has 0 bridgehead atoms. The number of amides is 3. The van der Waals surface area contributed by atoms with Crippen molar-refractivity contribution in [3.05, 3.63) is 0 Å². The van der Waals surface area contributed by atoms with E-state index >= 15 is 0 Å². The highest BCUT2D eigenvalue weighted by molar-refractivity contribution is 5.88. The van der Waals surface area contributed by atoms with E-state index < -0.39 is 24.1 Å². The van der Waals surface area contributed by atoms with Gasteiger partial charge in [0, 0.05) is 13.7 Å². The maximum atomic E-state index is 11.7. The molecule has 21 heavy (non-hydrogen) atoms. The Morgan fingerprint density at radius 3 is 2.29 bits per heavy atom. The SMILES string of the molecule is CC[C@H](C)[C@H](NC(=O)NC(C)C(=O)NCCOC)C(=O)O. The van der Waals surface area contributed by atoms with Gasteiger partial charge in [0.05, 0.1) is 6.61 Å². The largest absolute Gasteiger partial charge is 0.480 e. The third-order valence-corrected chi connectivity index (χ3v) is 3.11. The molecule has 0 fully saturated rings. The number of methoxy groups -OCH3 is 1. The summed E-state index contributed by atoms with van der Waals surface area (Å²) in [6.45, 7) is 5.81. The van der Waals surface area contributed by atoms with Crippen LogP contribution >= 0.6 is 0 Å². The number of carboxylic acids is 1. The zero-order valence-electron chi connectivity index (χ0n) is 12.9. The molecule has 0 spiro atoms. The van der Waals surface area contributed by atoms with Gasteiger partial charge in [-0.05, 0) is 12.8 Å². The number of aliphatic carboxylic acids is 1. The summed E-state index contributed by atoms with van der Waals surface area (Å²) in [5.74, 6) is -1.67. The molecule has 0 radical (unpaired) electrons. The quantitative estimate of drug-likeness (QED) is 0.445. The van der Waals surface area contributed by atoms with Crippen LogP contribution in [0.25, 0.3) is 0 Å². The van der Waals surface area contributed by atoms with E-state index in [1.807, 2.05) is 6.92 Å². The van der Waals surface area contributed by atoms with Gasteiger partial charge in [0.1, 0.15) is 12.1 Å². The summed E-state index contributed by atoms with van der Waals surface area (Å²) >= 11 is 0. The van der Waals surface area contributed by atoms with E-state index in [1.165, 1.54) is 14.0 Å². The van der Waals surface area contributed by atoms with E-state index in [1.54, 1.807) is 6.92 Å². The van der Waals surface area contributed by atoms with Crippen molar-refractivity contribution in [2.45, 2.75) is 39.3 Å². The molecule has 0 aromatic carbocycles. The lowest BCUT2D eigenvalue weighted by Gasteiger charge is -2.21. The molecule has 0 aromatic heterocycles. The van der Waals surface area contributed by atoms with E-state index in [0.29, 0.717) is 19.6 Å². The zero-order valence-corrected chi connectivity index (χ0v) is 12.9. The van der Waals surface area contributed by atoms with Gasteiger partial charge in [0.25, 0.3) is 0 Å². The molecule has 4 N–H and O–H groups in total. The van der Waals surface area contributed by atoms with Crippen LogP contribution in [-0.4, -0.2) is 55.4 Å². The molecule has 0 heterocycles. The molecule has 0 aromatic rings. The Balaban J connectivity index is 4.33. The fourth-order valence-corrected chi connectivity index (χ4v) is 1.56. The zero-order chi connectivity index (χ0) is 16.4. The average molecular weight is 303 g/mol. The van der Waals surface area contributed by atoms with Gasteiger partial charge in [-0.15, -0.1) is 0 Å². The molecule has 0 aliphatic carbocycles. The highest BCUT2D eigenvalue weighted by Gasteiger charge is 2.26. The van der Waals surface area contributed by atoms with Crippen LogP contribution in [0.2, 0.25) is 0 Å². The molecule has 0 rings (SSSR count). The Bertz CT molecular complexity index is 362. The fourth-order valence-electron chi connectivity index (χ4n) is 1.56. The minimum atomic E-state index is -1.10. The number of urea groups is 1. The fraction of sp³-hybridized carbons (Fsp3) is 0.769. The summed E-state index contributed by atoms with van der Waals surface area (Å²) in [7, 11) is 1.52. The number of hydrogen-bond acceptors (Lipinski definition) is 4. The number of carboxylic acid groups (broad SMARTS) is 1. The minimum Gasteiger partial charge on any atom is -0.480 e. The summed E-state index contributed by atoms with van der Waals surface area (Å²) in [4.78, 5) is 34.5. The third kappa shape index (κ3) is 7.50. The summed E-state index contributed by atoms with van der Waals surface area (Å²) in [5.41, 5.74) is 0. The Labute approximate surface area is 124 Å². The van der Waals surface area contributed by atoms with Crippen LogP contribution in [0.4, 0.5) is 4.79 Å². The molecule has 3 amide bonds. The topological polar surface area (TPSA) is 117 Å². The van der Waals surface area contributed by atoms with Crippen molar-refractivity contribution in [3.63, 3.8) is 0 Å². The van der Waals surface area contributed by atoms with Crippen molar-refractivity contribution in [2.75, 3.05) is 20.3 Å². The van der Waals surface area contributed by atoms with Gasteiger partial charge in [0.2, 0.25) is 5.91 Å². The van der Waals surface area contributed by atoms with Gasteiger partial charge in [-0.1, -0.05) is 20.3 Å². The van der Waals surface area contributed by atoms with Crippen molar-refractivity contribution < 1.29 is 24.2 Å². The molecule has 122 valence electrons. The van der Waals surface area contributed by atoms with Crippen LogP contribution in [0.15, 0.2) is 0 Å². The highest BCUT2D eigenvalue weighted by atomic mass is 16.5. The molecule has 0 saturated carbocycles. The van der Waals surface area contributed by atoms with Crippen molar-refractivity contribution in [1.29, 1.82) is 0 Å². The lowest BCUT2D eigenvalue weighted by molar-refractivity contribution is -0.140. The summed E-state index contributed by atoms with van der Waals surface area (Å²) in [6.07, 6.45) is 0.615. The number of rotatable bonds is 9. The predicted octanol–water partition coefficient (Wildman–Crippen LogP) is -0.0640. The van der Waals surface area contributed by atoms with Crippen LogP contribution in [0.5, 0.6) is 0 Å². The smallest absolute Gasteiger partial charge is 0.326 e. The number of ether oxygens (including phenoxy) is 1. The number of nitrogens with one attached hydrogen (secondary N) is 3. The number of carbonyl (C=O) groups excluding carboxylic acids is 2. The minimum absolute atomic E-state index is 0.209. The van der Waals surface area contributed by atoms with Gasteiger partial charge in [-0.25, -0.2) is 9.59 Å². The first kappa shape index (κ1) is 19.2. The van der Waals surface area contributed by atoms with Gasteiger partial charge >= 0.3 is 12.0 Å². The normalized spacial score (nSPS) is 14.7. The van der Waals surface area contributed by atoms with Crippen LogP contribution in [0.3, 0.4) is 0 Å². The van der Waals surface area contributed by atoms with E-state index in [-0.39, 0.29) is 11.8 Å². The standard InChI is InChI=1S/C13H25N3O5/c1-5-8(2)10(12(18)19)16-13(20)15-9(3)11(17)14-6-7-21-4/h8-10H,5-7H2,1-4H3,(H,14,17)(H,18,19)(H2,15,16,20)/t8-,9?,10-/m0/s1. The van der Waals surface area contributed by atoms with E-state index in [9.17, 15) is 14.4 Å². The summed E-state index contributed by atoms with van der Waals surface area (Å²) in [6, 6.07) is -2.44. The monoisotopic (exact) mass is 303 g/mol. The van der Waals surface area contributed by atoms with E-state index in [0.717, 1.165) is 0 Å². The van der Waals surface area contributed by atoms with Gasteiger partial charge in [0.15, 0.2) is 0 Å². The first-order chi connectivity index (χ1) is 9.83. The van der Waals surface area contributed by atoms with Gasteiger partial charge in [-0.3, -0.25) is 4.79 Å².